The Hall–Kier alpha value is -3.24. The van der Waals surface area contributed by atoms with E-state index in [1.807, 2.05) is 24.3 Å². The number of rotatable bonds is 4. The fourth-order valence-electron chi connectivity index (χ4n) is 3.47. The molecule has 0 saturated carbocycles. The maximum atomic E-state index is 12.3. The van der Waals surface area contributed by atoms with Crippen molar-refractivity contribution in [3.05, 3.63) is 109 Å². The minimum Gasteiger partial charge on any atom is -0.440 e. The van der Waals surface area contributed by atoms with Crippen LogP contribution in [-0.2, 0) is 4.79 Å². The van der Waals surface area contributed by atoms with Crippen LogP contribution in [0.1, 0.15) is 22.6 Å². The Bertz CT molecular complexity index is 1360. The van der Waals surface area contributed by atoms with Gasteiger partial charge in [-0.15, -0.1) is 0 Å². The highest BCUT2D eigenvalue weighted by Crippen LogP contribution is 2.45. The van der Waals surface area contributed by atoms with E-state index in [4.69, 9.17) is 38.4 Å². The Morgan fingerprint density at radius 2 is 1.91 bits per heavy atom. The van der Waals surface area contributed by atoms with Crippen LogP contribution in [0.15, 0.2) is 82.7 Å². The Labute approximate surface area is 208 Å². The van der Waals surface area contributed by atoms with Crippen LogP contribution >= 0.6 is 39.1 Å². The van der Waals surface area contributed by atoms with Gasteiger partial charge in [0.15, 0.2) is 0 Å². The zero-order valence-electron chi connectivity index (χ0n) is 16.9. The molecule has 0 aromatic heterocycles. The number of fused-ring (bicyclic) bond motifs is 1. The molecule has 3 aromatic rings. The second-order valence-corrected chi connectivity index (χ2v) is 8.76. The molecule has 0 bridgehead atoms. The molecule has 4 rings (SSSR count). The summed E-state index contributed by atoms with van der Waals surface area (Å²) in [4.78, 5) is 12.3. The molecule has 164 valence electrons. The van der Waals surface area contributed by atoms with Gasteiger partial charge >= 0.3 is 5.97 Å². The molecule has 1 atom stereocenters. The largest absolute Gasteiger partial charge is 0.440 e. The van der Waals surface area contributed by atoms with E-state index in [0.29, 0.717) is 26.9 Å². The molecule has 0 aliphatic carbocycles. The first-order chi connectivity index (χ1) is 15.9. The van der Waals surface area contributed by atoms with Crippen LogP contribution in [0.4, 0.5) is 0 Å². The molecule has 0 fully saturated rings. The smallest absolute Gasteiger partial charge is 0.336 e. The lowest BCUT2D eigenvalue weighted by molar-refractivity contribution is -0.128. The Balaban J connectivity index is 1.61. The summed E-state index contributed by atoms with van der Waals surface area (Å²) in [5.41, 5.74) is 8.59. The lowest BCUT2D eigenvalue weighted by Gasteiger charge is -2.27. The van der Waals surface area contributed by atoms with Crippen molar-refractivity contribution in [1.82, 2.24) is 0 Å². The normalized spacial score (nSPS) is 15.0. The SMILES string of the molecule is N#CC1=C(N)Oc2cc(OC(=O)/C=C/c3ccc(Cl)cc3Cl)ccc2C1c1ccccc1Br. The molecule has 5 nitrogen and oxygen atoms in total. The number of ether oxygens (including phenoxy) is 2. The molecular formula is C25H15BrCl2N2O3. The first-order valence-electron chi connectivity index (χ1n) is 9.68. The van der Waals surface area contributed by atoms with Gasteiger partial charge in [0.1, 0.15) is 23.1 Å². The van der Waals surface area contributed by atoms with Gasteiger partial charge in [0.2, 0.25) is 5.88 Å². The summed E-state index contributed by atoms with van der Waals surface area (Å²) in [6.45, 7) is 0. The first kappa shape index (κ1) is 22.9. The number of hydrogen-bond acceptors (Lipinski definition) is 5. The van der Waals surface area contributed by atoms with Crippen LogP contribution in [0.2, 0.25) is 10.0 Å². The predicted molar refractivity (Wildman–Crippen MR) is 131 cm³/mol. The summed E-state index contributed by atoms with van der Waals surface area (Å²) in [5.74, 6) is -0.343. The maximum absolute atomic E-state index is 12.3. The molecular weight excluding hydrogens is 527 g/mol. The summed E-state index contributed by atoms with van der Waals surface area (Å²) in [5, 5.41) is 10.6. The number of nitrogens with two attached hydrogens (primary N) is 1. The van der Waals surface area contributed by atoms with Crippen LogP contribution in [0, 0.1) is 11.3 Å². The van der Waals surface area contributed by atoms with E-state index in [2.05, 4.69) is 22.0 Å². The van der Waals surface area contributed by atoms with E-state index in [0.717, 1.165) is 15.6 Å². The Morgan fingerprint density at radius 1 is 1.12 bits per heavy atom. The maximum Gasteiger partial charge on any atom is 0.336 e. The fraction of sp³-hybridized carbons (Fsp3) is 0.0400. The third-order valence-electron chi connectivity index (χ3n) is 4.99. The van der Waals surface area contributed by atoms with Gasteiger partial charge in [0.25, 0.3) is 0 Å². The minimum absolute atomic E-state index is 0.00602. The zero-order chi connectivity index (χ0) is 23.5. The summed E-state index contributed by atoms with van der Waals surface area (Å²) in [6.07, 6.45) is 2.81. The number of hydrogen-bond donors (Lipinski definition) is 1. The summed E-state index contributed by atoms with van der Waals surface area (Å²) in [7, 11) is 0. The van der Waals surface area contributed by atoms with Gasteiger partial charge in [-0.3, -0.25) is 0 Å². The van der Waals surface area contributed by atoms with E-state index in [9.17, 15) is 10.1 Å². The van der Waals surface area contributed by atoms with Crippen molar-refractivity contribution >= 4 is 51.2 Å². The minimum atomic E-state index is -0.597. The van der Waals surface area contributed by atoms with E-state index in [1.165, 1.54) is 6.08 Å². The van der Waals surface area contributed by atoms with Crippen LogP contribution < -0.4 is 15.2 Å². The van der Waals surface area contributed by atoms with Crippen molar-refractivity contribution in [2.75, 3.05) is 0 Å². The molecule has 0 spiro atoms. The third-order valence-corrected chi connectivity index (χ3v) is 6.27. The first-order valence-corrected chi connectivity index (χ1v) is 11.2. The molecule has 8 heteroatoms. The topological polar surface area (TPSA) is 85.3 Å². The van der Waals surface area contributed by atoms with Gasteiger partial charge in [-0.05, 0) is 41.5 Å². The van der Waals surface area contributed by atoms with E-state index < -0.39 is 11.9 Å². The lowest BCUT2D eigenvalue weighted by atomic mass is 9.83. The molecule has 1 unspecified atom stereocenters. The molecule has 0 saturated heterocycles. The number of allylic oxidation sites excluding steroid dienone is 1. The van der Waals surface area contributed by atoms with E-state index >= 15 is 0 Å². The summed E-state index contributed by atoms with van der Waals surface area (Å²) in [6, 6.07) is 19.7. The van der Waals surface area contributed by atoms with Gasteiger partial charge in [0, 0.05) is 32.2 Å². The highest BCUT2D eigenvalue weighted by Gasteiger charge is 2.32. The molecule has 0 amide bonds. The van der Waals surface area contributed by atoms with Crippen LogP contribution in [-0.4, -0.2) is 5.97 Å². The zero-order valence-corrected chi connectivity index (χ0v) is 20.0. The van der Waals surface area contributed by atoms with Crippen LogP contribution in [0.3, 0.4) is 0 Å². The van der Waals surface area contributed by atoms with Crippen molar-refractivity contribution in [2.24, 2.45) is 5.73 Å². The van der Waals surface area contributed by atoms with Crippen LogP contribution in [0.25, 0.3) is 6.08 Å². The number of benzene rings is 3. The molecule has 1 aliphatic heterocycles. The van der Waals surface area contributed by atoms with Crippen LogP contribution in [0.5, 0.6) is 11.5 Å². The molecule has 1 aliphatic rings. The van der Waals surface area contributed by atoms with Gasteiger partial charge < -0.3 is 15.2 Å². The monoisotopic (exact) mass is 540 g/mol. The number of nitrogens with zero attached hydrogens (tertiary/aromatic N) is 1. The highest BCUT2D eigenvalue weighted by atomic mass is 79.9. The second-order valence-electron chi connectivity index (χ2n) is 7.07. The predicted octanol–water partition coefficient (Wildman–Crippen LogP) is 6.59. The molecule has 0 radical (unpaired) electrons. The van der Waals surface area contributed by atoms with Crippen molar-refractivity contribution < 1.29 is 14.3 Å². The highest BCUT2D eigenvalue weighted by molar-refractivity contribution is 9.10. The molecule has 1 heterocycles. The molecule has 33 heavy (non-hydrogen) atoms. The average molecular weight is 542 g/mol. The van der Waals surface area contributed by atoms with E-state index in [1.54, 1.807) is 42.5 Å². The lowest BCUT2D eigenvalue weighted by Crippen LogP contribution is -2.21. The molecule has 3 aromatic carbocycles. The fourth-order valence-corrected chi connectivity index (χ4v) is 4.46. The second kappa shape index (κ2) is 9.72. The van der Waals surface area contributed by atoms with Gasteiger partial charge in [-0.2, -0.15) is 5.26 Å². The number of carbonyl (C=O) groups excluding carboxylic acids is 1. The van der Waals surface area contributed by atoms with Gasteiger partial charge in [0.05, 0.1) is 5.92 Å². The number of nitriles is 1. The van der Waals surface area contributed by atoms with Crippen molar-refractivity contribution in [1.29, 1.82) is 5.26 Å². The number of halogens is 3. The van der Waals surface area contributed by atoms with Gasteiger partial charge in [-0.25, -0.2) is 4.79 Å². The third kappa shape index (κ3) is 4.91. The average Bonchev–Trinajstić information content (AvgIpc) is 2.78. The summed E-state index contributed by atoms with van der Waals surface area (Å²) < 4.78 is 11.9. The number of carbonyl (C=O) groups is 1. The Morgan fingerprint density at radius 3 is 2.64 bits per heavy atom. The van der Waals surface area contributed by atoms with Gasteiger partial charge in [-0.1, -0.05) is 69.5 Å². The quantitative estimate of drug-likeness (QED) is 0.229. The van der Waals surface area contributed by atoms with Crippen molar-refractivity contribution in [2.45, 2.75) is 5.92 Å². The van der Waals surface area contributed by atoms with E-state index in [-0.39, 0.29) is 11.6 Å². The van der Waals surface area contributed by atoms with Crippen molar-refractivity contribution in [3.63, 3.8) is 0 Å². The van der Waals surface area contributed by atoms with Crippen molar-refractivity contribution in [3.8, 4) is 17.6 Å². The molecule has 2 N–H and O–H groups in total. The standard InChI is InChI=1S/C25H15BrCl2N2O3/c26-20-4-2-1-3-17(20)24-18-9-8-16(12-22(18)33-25(30)19(24)13-29)32-23(31)10-6-14-5-7-15(27)11-21(14)28/h1-12,24H,30H2/b10-6+. The number of esters is 1. The summed E-state index contributed by atoms with van der Waals surface area (Å²) >= 11 is 15.6. The Kier molecular flexibility index (Phi) is 6.75.